The van der Waals surface area contributed by atoms with Crippen LogP contribution in [0.4, 0.5) is 5.69 Å². The van der Waals surface area contributed by atoms with Gasteiger partial charge in [-0.3, -0.25) is 9.89 Å². The topological polar surface area (TPSA) is 66.1 Å². The predicted molar refractivity (Wildman–Crippen MR) is 121 cm³/mol. The number of halogens is 1. The predicted octanol–water partition coefficient (Wildman–Crippen LogP) is 2.06. The Morgan fingerprint density at radius 1 is 1.31 bits per heavy atom. The maximum Gasteiger partial charge on any atom is 0.188 e. The minimum absolute atomic E-state index is 0. The number of methoxy groups -OCH3 is 1. The van der Waals surface area contributed by atoms with Crippen LogP contribution in [0.2, 0.25) is 0 Å². The van der Waals surface area contributed by atoms with Crippen LogP contribution in [0.3, 0.4) is 0 Å². The number of piperazine rings is 1. The molecule has 1 atom stereocenters. The molecule has 1 fully saturated rings. The second-order valence-electron chi connectivity index (χ2n) is 6.79. The highest BCUT2D eigenvalue weighted by atomic mass is 127. The number of hydrogen-bond acceptors (Lipinski definition) is 4. The standard InChI is InChI=1S/C19H33N5O.HI/c1-16-6-4-7-18(14-16)24-12-10-23(11-13-24)9-5-8-21-19(20)22-17(2)15-25-3;/h4,6-7,14,17H,5,8-13,15H2,1-3H3,(H3,20,21,22);1H. The Balaban J connectivity index is 0.00000338. The maximum atomic E-state index is 5.88. The summed E-state index contributed by atoms with van der Waals surface area (Å²) in [5.74, 6) is 0.508. The summed E-state index contributed by atoms with van der Waals surface area (Å²) in [4.78, 5) is 9.38. The van der Waals surface area contributed by atoms with E-state index in [1.807, 2.05) is 6.92 Å². The van der Waals surface area contributed by atoms with Crippen LogP contribution in [0.1, 0.15) is 18.9 Å². The van der Waals surface area contributed by atoms with Gasteiger partial charge in [-0.1, -0.05) is 12.1 Å². The normalized spacial score (nSPS) is 16.9. The van der Waals surface area contributed by atoms with Gasteiger partial charge in [-0.2, -0.15) is 0 Å². The van der Waals surface area contributed by atoms with E-state index >= 15 is 0 Å². The van der Waals surface area contributed by atoms with Gasteiger partial charge in [-0.05, 0) is 38.0 Å². The molecule has 1 aliphatic rings. The van der Waals surface area contributed by atoms with Crippen molar-refractivity contribution < 1.29 is 4.74 Å². The number of aliphatic imine (C=N–C) groups is 1. The number of nitrogens with two attached hydrogens (primary N) is 1. The van der Waals surface area contributed by atoms with Crippen LogP contribution < -0.4 is 16.0 Å². The number of nitrogens with zero attached hydrogens (tertiary/aromatic N) is 3. The fourth-order valence-corrected chi connectivity index (χ4v) is 3.14. The Morgan fingerprint density at radius 2 is 2.04 bits per heavy atom. The van der Waals surface area contributed by atoms with Crippen molar-refractivity contribution in [2.75, 3.05) is 57.9 Å². The van der Waals surface area contributed by atoms with E-state index in [4.69, 9.17) is 10.5 Å². The first kappa shape index (κ1) is 23.0. The Hall–Kier alpha value is -1.06. The van der Waals surface area contributed by atoms with Crippen molar-refractivity contribution in [3.05, 3.63) is 29.8 Å². The Morgan fingerprint density at radius 3 is 2.69 bits per heavy atom. The second-order valence-corrected chi connectivity index (χ2v) is 6.79. The first-order chi connectivity index (χ1) is 12.1. The van der Waals surface area contributed by atoms with Gasteiger partial charge in [0.1, 0.15) is 0 Å². The summed E-state index contributed by atoms with van der Waals surface area (Å²) in [6.45, 7) is 11.0. The van der Waals surface area contributed by atoms with Crippen molar-refractivity contribution in [1.29, 1.82) is 0 Å². The minimum Gasteiger partial charge on any atom is -0.383 e. The number of benzene rings is 1. The van der Waals surface area contributed by atoms with Gasteiger partial charge in [0.25, 0.3) is 0 Å². The molecule has 1 saturated heterocycles. The van der Waals surface area contributed by atoms with E-state index in [0.717, 1.165) is 45.7 Å². The molecule has 1 heterocycles. The van der Waals surface area contributed by atoms with E-state index in [2.05, 4.69) is 51.3 Å². The summed E-state index contributed by atoms with van der Waals surface area (Å²) in [5, 5.41) is 3.13. The van der Waals surface area contributed by atoms with E-state index in [0.29, 0.717) is 12.6 Å². The van der Waals surface area contributed by atoms with Crippen LogP contribution in [-0.4, -0.2) is 69.9 Å². The Bertz CT molecular complexity index is 546. The lowest BCUT2D eigenvalue weighted by atomic mass is 10.2. The summed E-state index contributed by atoms with van der Waals surface area (Å²) in [7, 11) is 1.68. The summed E-state index contributed by atoms with van der Waals surface area (Å²) in [6, 6.07) is 8.95. The third kappa shape index (κ3) is 8.09. The van der Waals surface area contributed by atoms with Crippen molar-refractivity contribution in [1.82, 2.24) is 10.2 Å². The Labute approximate surface area is 175 Å². The molecule has 1 unspecified atom stereocenters. The first-order valence-corrected chi connectivity index (χ1v) is 9.18. The number of anilines is 1. The summed E-state index contributed by atoms with van der Waals surface area (Å²) < 4.78 is 5.07. The zero-order valence-corrected chi connectivity index (χ0v) is 18.6. The van der Waals surface area contributed by atoms with E-state index in [9.17, 15) is 0 Å². The summed E-state index contributed by atoms with van der Waals surface area (Å²) in [5.41, 5.74) is 8.55. The molecule has 0 spiro atoms. The van der Waals surface area contributed by atoms with Crippen molar-refractivity contribution in [3.63, 3.8) is 0 Å². The van der Waals surface area contributed by atoms with Crippen LogP contribution in [0.5, 0.6) is 0 Å². The minimum atomic E-state index is 0. The van der Waals surface area contributed by atoms with E-state index < -0.39 is 0 Å². The van der Waals surface area contributed by atoms with Crippen LogP contribution in [0.25, 0.3) is 0 Å². The van der Waals surface area contributed by atoms with E-state index in [-0.39, 0.29) is 30.0 Å². The molecule has 26 heavy (non-hydrogen) atoms. The van der Waals surface area contributed by atoms with Gasteiger partial charge in [0.05, 0.1) is 6.61 Å². The lowest BCUT2D eigenvalue weighted by Gasteiger charge is -2.36. The molecule has 0 bridgehead atoms. The fourth-order valence-electron chi connectivity index (χ4n) is 3.14. The molecule has 1 aromatic carbocycles. The number of nitrogens with one attached hydrogen (secondary N) is 1. The molecule has 0 aromatic heterocycles. The number of aryl methyl sites for hydroxylation is 1. The molecule has 0 radical (unpaired) electrons. The highest BCUT2D eigenvalue weighted by Crippen LogP contribution is 2.17. The fraction of sp³-hybridized carbons (Fsp3) is 0.632. The van der Waals surface area contributed by atoms with Crippen molar-refractivity contribution in [2.45, 2.75) is 26.3 Å². The van der Waals surface area contributed by atoms with Crippen LogP contribution in [0, 0.1) is 6.92 Å². The molecule has 2 rings (SSSR count). The van der Waals surface area contributed by atoms with Gasteiger partial charge in [0.2, 0.25) is 0 Å². The molecule has 7 heteroatoms. The Kier molecular flexibility index (Phi) is 10.9. The number of hydrogen-bond donors (Lipinski definition) is 2. The van der Waals surface area contributed by atoms with Gasteiger partial charge in [-0.25, -0.2) is 0 Å². The van der Waals surface area contributed by atoms with Gasteiger partial charge in [0, 0.05) is 58.1 Å². The van der Waals surface area contributed by atoms with Gasteiger partial charge >= 0.3 is 0 Å². The van der Waals surface area contributed by atoms with Crippen LogP contribution in [-0.2, 0) is 4.74 Å². The molecule has 6 nitrogen and oxygen atoms in total. The summed E-state index contributed by atoms with van der Waals surface area (Å²) >= 11 is 0. The highest BCUT2D eigenvalue weighted by Gasteiger charge is 2.16. The smallest absolute Gasteiger partial charge is 0.188 e. The molecule has 148 valence electrons. The highest BCUT2D eigenvalue weighted by molar-refractivity contribution is 14.0. The average Bonchev–Trinajstić information content (AvgIpc) is 2.59. The molecule has 1 aromatic rings. The van der Waals surface area contributed by atoms with Crippen LogP contribution >= 0.6 is 24.0 Å². The maximum absolute atomic E-state index is 5.88. The number of ether oxygens (including phenoxy) is 1. The molecule has 0 amide bonds. The van der Waals surface area contributed by atoms with E-state index in [1.165, 1.54) is 11.3 Å². The van der Waals surface area contributed by atoms with Crippen molar-refractivity contribution in [2.24, 2.45) is 10.7 Å². The first-order valence-electron chi connectivity index (χ1n) is 9.18. The van der Waals surface area contributed by atoms with Crippen molar-refractivity contribution in [3.8, 4) is 0 Å². The third-order valence-electron chi connectivity index (χ3n) is 4.46. The SMILES string of the molecule is COCC(C)NC(N)=NCCCN1CCN(c2cccc(C)c2)CC1.I. The largest absolute Gasteiger partial charge is 0.383 e. The lowest BCUT2D eigenvalue weighted by molar-refractivity contribution is 0.179. The van der Waals surface area contributed by atoms with Crippen molar-refractivity contribution >= 4 is 35.6 Å². The summed E-state index contributed by atoms with van der Waals surface area (Å²) in [6.07, 6.45) is 1.03. The van der Waals surface area contributed by atoms with E-state index in [1.54, 1.807) is 7.11 Å². The zero-order valence-electron chi connectivity index (χ0n) is 16.3. The monoisotopic (exact) mass is 475 g/mol. The second kappa shape index (κ2) is 12.3. The molecule has 0 aliphatic carbocycles. The molecule has 3 N–H and O–H groups in total. The van der Waals surface area contributed by atoms with Gasteiger partial charge < -0.3 is 20.7 Å². The van der Waals surface area contributed by atoms with Crippen LogP contribution in [0.15, 0.2) is 29.3 Å². The average molecular weight is 475 g/mol. The zero-order chi connectivity index (χ0) is 18.1. The quantitative estimate of drug-likeness (QED) is 0.261. The number of rotatable bonds is 8. The number of guanidine groups is 1. The molecular weight excluding hydrogens is 441 g/mol. The molecule has 1 aliphatic heterocycles. The third-order valence-corrected chi connectivity index (χ3v) is 4.46. The van der Waals surface area contributed by atoms with Gasteiger partial charge in [-0.15, -0.1) is 24.0 Å². The molecule has 0 saturated carbocycles. The lowest BCUT2D eigenvalue weighted by Crippen LogP contribution is -2.46. The van der Waals surface area contributed by atoms with Gasteiger partial charge in [0.15, 0.2) is 5.96 Å². The molecular formula is C19H34IN5O.